The molecule has 0 nitrogen and oxygen atoms in total. The molecule has 1 fully saturated rings. The zero-order valence-corrected chi connectivity index (χ0v) is 6.01. The summed E-state index contributed by atoms with van der Waals surface area (Å²) in [6.45, 7) is 2.30. The molecule has 0 N–H and O–H groups in total. The van der Waals surface area contributed by atoms with Crippen LogP contribution in [0.3, 0.4) is 0 Å². The van der Waals surface area contributed by atoms with Crippen molar-refractivity contribution >= 4 is 0 Å². The van der Waals surface area contributed by atoms with E-state index in [0.29, 0.717) is 0 Å². The Morgan fingerprint density at radius 1 is 1.33 bits per heavy atom. The minimum atomic E-state index is 0.948. The van der Waals surface area contributed by atoms with Crippen molar-refractivity contribution in [2.24, 2.45) is 17.8 Å². The summed E-state index contributed by atoms with van der Waals surface area (Å²) in [7, 11) is 0. The van der Waals surface area contributed by atoms with Crippen molar-refractivity contribution < 1.29 is 0 Å². The summed E-state index contributed by atoms with van der Waals surface area (Å²) < 4.78 is 0. The normalized spacial score (nSPS) is 46.6. The van der Waals surface area contributed by atoms with Crippen molar-refractivity contribution in [1.29, 1.82) is 0 Å². The molecule has 9 heavy (non-hydrogen) atoms. The molecule has 0 aromatic rings. The lowest BCUT2D eigenvalue weighted by atomic mass is 9.71. The fourth-order valence-corrected chi connectivity index (χ4v) is 2.19. The van der Waals surface area contributed by atoms with E-state index in [9.17, 15) is 0 Å². The van der Waals surface area contributed by atoms with Gasteiger partial charge in [-0.3, -0.25) is 0 Å². The topological polar surface area (TPSA) is 0 Å². The number of hydrogen-bond donors (Lipinski definition) is 0. The van der Waals surface area contributed by atoms with Crippen molar-refractivity contribution in [2.45, 2.75) is 26.2 Å². The van der Waals surface area contributed by atoms with Gasteiger partial charge < -0.3 is 0 Å². The Bertz CT molecular complexity index is 135. The van der Waals surface area contributed by atoms with Crippen LogP contribution in [-0.4, -0.2) is 0 Å². The van der Waals surface area contributed by atoms with Crippen LogP contribution in [0, 0.1) is 17.8 Å². The average molecular weight is 122 g/mol. The largest absolute Gasteiger partial charge is 0.0848 e. The summed E-state index contributed by atoms with van der Waals surface area (Å²) in [4.78, 5) is 0. The summed E-state index contributed by atoms with van der Waals surface area (Å²) in [5.41, 5.74) is 0. The minimum Gasteiger partial charge on any atom is -0.0848 e. The summed E-state index contributed by atoms with van der Waals surface area (Å²) in [6, 6.07) is 0. The molecule has 0 aromatic heterocycles. The summed E-state index contributed by atoms with van der Waals surface area (Å²) in [5.74, 6) is 3.01. The van der Waals surface area contributed by atoms with Crippen LogP contribution in [-0.2, 0) is 0 Å². The van der Waals surface area contributed by atoms with Gasteiger partial charge in [-0.2, -0.15) is 0 Å². The molecular weight excluding hydrogens is 108 g/mol. The van der Waals surface area contributed by atoms with E-state index >= 15 is 0 Å². The highest BCUT2D eigenvalue weighted by molar-refractivity contribution is 5.10. The standard InChI is InChI=1S/C9H14/c1-2-7-3-4-8-5-6-9(7)8/h3-4,7-9H,2,5-6H2,1H3. The van der Waals surface area contributed by atoms with E-state index in [1.165, 1.54) is 19.3 Å². The van der Waals surface area contributed by atoms with Gasteiger partial charge in [0.05, 0.1) is 0 Å². The summed E-state index contributed by atoms with van der Waals surface area (Å²) in [5, 5.41) is 0. The lowest BCUT2D eigenvalue weighted by Crippen LogP contribution is -2.25. The van der Waals surface area contributed by atoms with E-state index < -0.39 is 0 Å². The van der Waals surface area contributed by atoms with Crippen LogP contribution in [0.25, 0.3) is 0 Å². The second kappa shape index (κ2) is 1.86. The Morgan fingerprint density at radius 2 is 2.22 bits per heavy atom. The van der Waals surface area contributed by atoms with Gasteiger partial charge in [0.15, 0.2) is 0 Å². The molecule has 0 bridgehead atoms. The molecule has 0 radical (unpaired) electrons. The predicted octanol–water partition coefficient (Wildman–Crippen LogP) is 2.61. The van der Waals surface area contributed by atoms with Crippen LogP contribution in [0.5, 0.6) is 0 Å². The van der Waals surface area contributed by atoms with Gasteiger partial charge in [0.2, 0.25) is 0 Å². The number of fused-ring (bicyclic) bond motifs is 1. The van der Waals surface area contributed by atoms with Gasteiger partial charge >= 0.3 is 0 Å². The van der Waals surface area contributed by atoms with Crippen molar-refractivity contribution in [2.75, 3.05) is 0 Å². The molecule has 3 atom stereocenters. The molecule has 3 unspecified atom stereocenters. The van der Waals surface area contributed by atoms with Crippen LogP contribution in [0.4, 0.5) is 0 Å². The number of hydrogen-bond acceptors (Lipinski definition) is 0. The van der Waals surface area contributed by atoms with Gasteiger partial charge in [0.25, 0.3) is 0 Å². The summed E-state index contributed by atoms with van der Waals surface area (Å²) in [6.07, 6.45) is 9.19. The van der Waals surface area contributed by atoms with Crippen molar-refractivity contribution in [3.63, 3.8) is 0 Å². The Hall–Kier alpha value is -0.260. The quantitative estimate of drug-likeness (QED) is 0.469. The van der Waals surface area contributed by atoms with Crippen LogP contribution >= 0.6 is 0 Å². The third kappa shape index (κ3) is 0.654. The van der Waals surface area contributed by atoms with Gasteiger partial charge in [-0.1, -0.05) is 19.1 Å². The molecule has 2 rings (SSSR count). The lowest BCUT2D eigenvalue weighted by Gasteiger charge is -2.33. The van der Waals surface area contributed by atoms with Gasteiger partial charge in [-0.15, -0.1) is 0 Å². The maximum absolute atomic E-state index is 2.43. The Labute approximate surface area is 57.0 Å². The molecule has 0 amide bonds. The van der Waals surface area contributed by atoms with E-state index in [4.69, 9.17) is 0 Å². The predicted molar refractivity (Wildman–Crippen MR) is 39.1 cm³/mol. The van der Waals surface area contributed by atoms with E-state index in [1.807, 2.05) is 0 Å². The Morgan fingerprint density at radius 3 is 2.56 bits per heavy atom. The first-order chi connectivity index (χ1) is 4.42. The monoisotopic (exact) mass is 122 g/mol. The molecule has 0 saturated heterocycles. The minimum absolute atomic E-state index is 0.948. The zero-order chi connectivity index (χ0) is 6.27. The first-order valence-corrected chi connectivity index (χ1v) is 4.10. The maximum Gasteiger partial charge on any atom is -0.0199 e. The molecule has 2 aliphatic rings. The molecule has 1 saturated carbocycles. The molecule has 0 aliphatic heterocycles. The highest BCUT2D eigenvalue weighted by Gasteiger charge is 2.36. The highest BCUT2D eigenvalue weighted by atomic mass is 14.4. The van der Waals surface area contributed by atoms with E-state index in [-0.39, 0.29) is 0 Å². The fraction of sp³-hybridized carbons (Fsp3) is 0.778. The molecule has 0 heteroatoms. The fourth-order valence-electron chi connectivity index (χ4n) is 2.19. The molecule has 0 aromatic carbocycles. The first-order valence-electron chi connectivity index (χ1n) is 4.10. The molecule has 2 aliphatic carbocycles. The molecule has 50 valence electrons. The molecular formula is C9H14. The Kier molecular flexibility index (Phi) is 1.14. The highest BCUT2D eigenvalue weighted by Crippen LogP contribution is 2.46. The second-order valence-corrected chi connectivity index (χ2v) is 3.36. The Balaban J connectivity index is 2.05. The molecule has 0 heterocycles. The third-order valence-corrected chi connectivity index (χ3v) is 3.01. The first kappa shape index (κ1) is 5.52. The third-order valence-electron chi connectivity index (χ3n) is 3.01. The maximum atomic E-state index is 2.43. The number of rotatable bonds is 1. The van der Waals surface area contributed by atoms with Gasteiger partial charge in [0.1, 0.15) is 0 Å². The van der Waals surface area contributed by atoms with Gasteiger partial charge in [-0.25, -0.2) is 0 Å². The van der Waals surface area contributed by atoms with Crippen molar-refractivity contribution in [3.8, 4) is 0 Å². The second-order valence-electron chi connectivity index (χ2n) is 3.36. The van der Waals surface area contributed by atoms with E-state index in [0.717, 1.165) is 17.8 Å². The van der Waals surface area contributed by atoms with Crippen LogP contribution in [0.1, 0.15) is 26.2 Å². The van der Waals surface area contributed by atoms with Crippen LogP contribution < -0.4 is 0 Å². The zero-order valence-electron chi connectivity index (χ0n) is 6.01. The lowest BCUT2D eigenvalue weighted by molar-refractivity contribution is 0.189. The average Bonchev–Trinajstić information content (AvgIpc) is 2.07. The van der Waals surface area contributed by atoms with Gasteiger partial charge in [0, 0.05) is 0 Å². The van der Waals surface area contributed by atoms with E-state index in [2.05, 4.69) is 19.1 Å². The SMILES string of the molecule is CCC1C=CC2CCC12. The van der Waals surface area contributed by atoms with Crippen molar-refractivity contribution in [3.05, 3.63) is 12.2 Å². The van der Waals surface area contributed by atoms with Crippen LogP contribution in [0.2, 0.25) is 0 Å². The molecule has 0 spiro atoms. The summed E-state index contributed by atoms with van der Waals surface area (Å²) >= 11 is 0. The smallest absolute Gasteiger partial charge is 0.0199 e. The van der Waals surface area contributed by atoms with E-state index in [1.54, 1.807) is 0 Å². The number of allylic oxidation sites excluding steroid dienone is 2. The van der Waals surface area contributed by atoms with Crippen molar-refractivity contribution in [1.82, 2.24) is 0 Å². The van der Waals surface area contributed by atoms with Gasteiger partial charge in [-0.05, 0) is 37.0 Å². The van der Waals surface area contributed by atoms with Crippen LogP contribution in [0.15, 0.2) is 12.2 Å².